The molecule has 2 aliphatic rings. The standard InChI is InChI=1S/C24H36O/c1-25-19-5-8-21-11-15-23(16-12-21)24-17-13-22(14-18-24)10-9-20-6-3-2-4-7-20/h2-8,21-24H,9-19H2,1H3. The summed E-state index contributed by atoms with van der Waals surface area (Å²) in [6.07, 6.45) is 18.9. The average Bonchev–Trinajstić information content (AvgIpc) is 2.68. The molecule has 138 valence electrons. The van der Waals surface area contributed by atoms with Crippen molar-refractivity contribution in [1.82, 2.24) is 0 Å². The zero-order valence-corrected chi connectivity index (χ0v) is 16.0. The summed E-state index contributed by atoms with van der Waals surface area (Å²) in [4.78, 5) is 0. The SMILES string of the molecule is COCC=CC1CCC(C2CCC(CCc3ccccc3)CC2)CC1. The van der Waals surface area contributed by atoms with Gasteiger partial charge in [-0.25, -0.2) is 0 Å². The van der Waals surface area contributed by atoms with E-state index in [4.69, 9.17) is 4.74 Å². The molecule has 0 unspecified atom stereocenters. The van der Waals surface area contributed by atoms with Crippen LogP contribution in [0.1, 0.15) is 63.4 Å². The zero-order valence-electron chi connectivity index (χ0n) is 16.0. The fourth-order valence-corrected chi connectivity index (χ4v) is 5.12. The summed E-state index contributed by atoms with van der Waals surface area (Å²) >= 11 is 0. The number of methoxy groups -OCH3 is 1. The van der Waals surface area contributed by atoms with Crippen molar-refractivity contribution >= 4 is 0 Å². The van der Waals surface area contributed by atoms with Crippen molar-refractivity contribution in [3.8, 4) is 0 Å². The first-order valence-corrected chi connectivity index (χ1v) is 10.5. The van der Waals surface area contributed by atoms with Crippen molar-refractivity contribution in [2.24, 2.45) is 23.7 Å². The molecule has 1 aromatic rings. The molecule has 0 spiro atoms. The van der Waals surface area contributed by atoms with E-state index in [1.54, 1.807) is 7.11 Å². The van der Waals surface area contributed by atoms with Gasteiger partial charge in [0, 0.05) is 7.11 Å². The third-order valence-electron chi connectivity index (χ3n) is 6.73. The molecule has 1 heteroatoms. The number of ether oxygens (including phenoxy) is 1. The molecule has 0 aromatic heterocycles. The van der Waals surface area contributed by atoms with Gasteiger partial charge in [-0.05, 0) is 80.6 Å². The van der Waals surface area contributed by atoms with Gasteiger partial charge in [-0.2, -0.15) is 0 Å². The van der Waals surface area contributed by atoms with Crippen LogP contribution >= 0.6 is 0 Å². The fraction of sp³-hybridized carbons (Fsp3) is 0.667. The average molecular weight is 341 g/mol. The van der Waals surface area contributed by atoms with E-state index in [-0.39, 0.29) is 0 Å². The molecule has 2 saturated carbocycles. The number of hydrogen-bond acceptors (Lipinski definition) is 1. The molecule has 0 bridgehead atoms. The lowest BCUT2D eigenvalue weighted by molar-refractivity contribution is 0.152. The highest BCUT2D eigenvalue weighted by Gasteiger charge is 2.30. The van der Waals surface area contributed by atoms with E-state index in [0.29, 0.717) is 0 Å². The quantitative estimate of drug-likeness (QED) is 0.519. The first-order valence-electron chi connectivity index (χ1n) is 10.5. The smallest absolute Gasteiger partial charge is 0.0643 e. The summed E-state index contributed by atoms with van der Waals surface area (Å²) in [5.74, 6) is 3.83. The molecular weight excluding hydrogens is 304 g/mol. The number of hydrogen-bond donors (Lipinski definition) is 0. The van der Waals surface area contributed by atoms with Crippen molar-refractivity contribution < 1.29 is 4.74 Å². The van der Waals surface area contributed by atoms with Crippen molar-refractivity contribution in [3.05, 3.63) is 48.0 Å². The Kier molecular flexibility index (Phi) is 7.60. The van der Waals surface area contributed by atoms with Gasteiger partial charge in [0.25, 0.3) is 0 Å². The molecule has 0 aliphatic heterocycles. The number of rotatable bonds is 7. The second-order valence-electron chi connectivity index (χ2n) is 8.36. The molecule has 0 N–H and O–H groups in total. The maximum Gasteiger partial charge on any atom is 0.0643 e. The Morgan fingerprint density at radius 1 is 0.880 bits per heavy atom. The lowest BCUT2D eigenvalue weighted by atomic mass is 9.68. The van der Waals surface area contributed by atoms with Crippen LogP contribution in [0.2, 0.25) is 0 Å². The zero-order chi connectivity index (χ0) is 17.3. The van der Waals surface area contributed by atoms with Gasteiger partial charge < -0.3 is 4.74 Å². The Morgan fingerprint density at radius 2 is 1.52 bits per heavy atom. The molecule has 3 rings (SSSR count). The van der Waals surface area contributed by atoms with Crippen molar-refractivity contribution in [3.63, 3.8) is 0 Å². The Labute approximate surface area is 154 Å². The van der Waals surface area contributed by atoms with Crippen LogP contribution < -0.4 is 0 Å². The highest BCUT2D eigenvalue weighted by atomic mass is 16.5. The first-order chi connectivity index (χ1) is 12.3. The van der Waals surface area contributed by atoms with Gasteiger partial charge in [0.1, 0.15) is 0 Å². The third kappa shape index (κ3) is 5.99. The second-order valence-corrected chi connectivity index (χ2v) is 8.36. The van der Waals surface area contributed by atoms with E-state index in [1.165, 1.54) is 69.8 Å². The lowest BCUT2D eigenvalue weighted by Crippen LogP contribution is -2.25. The second kappa shape index (κ2) is 10.2. The van der Waals surface area contributed by atoms with Crippen LogP contribution in [0.15, 0.2) is 42.5 Å². The van der Waals surface area contributed by atoms with Crippen LogP contribution in [0.3, 0.4) is 0 Å². The summed E-state index contributed by atoms with van der Waals surface area (Å²) < 4.78 is 5.12. The maximum atomic E-state index is 5.12. The molecule has 2 fully saturated rings. The minimum atomic E-state index is 0.771. The largest absolute Gasteiger partial charge is 0.381 e. The van der Waals surface area contributed by atoms with Crippen LogP contribution in [0.5, 0.6) is 0 Å². The molecule has 0 atom stereocenters. The highest BCUT2D eigenvalue weighted by Crippen LogP contribution is 2.42. The summed E-state index contributed by atoms with van der Waals surface area (Å²) in [5.41, 5.74) is 1.52. The number of benzene rings is 1. The molecule has 0 radical (unpaired) electrons. The van der Waals surface area contributed by atoms with Gasteiger partial charge in [-0.1, -0.05) is 55.3 Å². The molecule has 1 aromatic carbocycles. The van der Waals surface area contributed by atoms with Crippen molar-refractivity contribution in [1.29, 1.82) is 0 Å². The minimum absolute atomic E-state index is 0.771. The van der Waals surface area contributed by atoms with Crippen LogP contribution in [0.4, 0.5) is 0 Å². The van der Waals surface area contributed by atoms with E-state index < -0.39 is 0 Å². The molecule has 25 heavy (non-hydrogen) atoms. The first kappa shape index (κ1) is 18.7. The summed E-state index contributed by atoms with van der Waals surface area (Å²) in [5, 5.41) is 0. The predicted molar refractivity (Wildman–Crippen MR) is 107 cm³/mol. The van der Waals surface area contributed by atoms with E-state index in [9.17, 15) is 0 Å². The van der Waals surface area contributed by atoms with Gasteiger partial charge in [0.15, 0.2) is 0 Å². The molecule has 1 nitrogen and oxygen atoms in total. The summed E-state index contributed by atoms with van der Waals surface area (Å²) in [6.45, 7) is 0.771. The van der Waals surface area contributed by atoms with Gasteiger partial charge in [-0.15, -0.1) is 0 Å². The van der Waals surface area contributed by atoms with Crippen molar-refractivity contribution in [2.45, 2.75) is 64.2 Å². The summed E-state index contributed by atoms with van der Waals surface area (Å²) in [7, 11) is 1.78. The van der Waals surface area contributed by atoms with Crippen LogP contribution in [-0.4, -0.2) is 13.7 Å². The molecule has 0 heterocycles. The number of aryl methyl sites for hydroxylation is 1. The summed E-state index contributed by atoms with van der Waals surface area (Å²) in [6, 6.07) is 11.0. The molecule has 2 aliphatic carbocycles. The van der Waals surface area contributed by atoms with Crippen LogP contribution in [0.25, 0.3) is 0 Å². The minimum Gasteiger partial charge on any atom is -0.381 e. The van der Waals surface area contributed by atoms with Crippen LogP contribution in [0, 0.1) is 23.7 Å². The topological polar surface area (TPSA) is 9.23 Å². The molecular formula is C24H36O. The van der Waals surface area contributed by atoms with E-state index in [2.05, 4.69) is 42.5 Å². The van der Waals surface area contributed by atoms with Crippen molar-refractivity contribution in [2.75, 3.05) is 13.7 Å². The van der Waals surface area contributed by atoms with Gasteiger partial charge >= 0.3 is 0 Å². The maximum absolute atomic E-state index is 5.12. The monoisotopic (exact) mass is 340 g/mol. The Hall–Kier alpha value is -1.08. The molecule has 0 amide bonds. The van der Waals surface area contributed by atoms with Crippen LogP contribution in [-0.2, 0) is 11.2 Å². The van der Waals surface area contributed by atoms with E-state index in [1.807, 2.05) is 0 Å². The normalized spacial score (nSPS) is 30.6. The molecule has 0 saturated heterocycles. The Balaban J connectivity index is 1.34. The lowest BCUT2D eigenvalue weighted by Gasteiger charge is -2.37. The van der Waals surface area contributed by atoms with E-state index in [0.717, 1.165) is 30.3 Å². The predicted octanol–water partition coefficient (Wildman–Crippen LogP) is 6.43. The number of allylic oxidation sites excluding steroid dienone is 1. The Bertz CT molecular complexity index is 490. The van der Waals surface area contributed by atoms with Gasteiger partial charge in [-0.3, -0.25) is 0 Å². The van der Waals surface area contributed by atoms with Gasteiger partial charge in [0.05, 0.1) is 6.61 Å². The Morgan fingerprint density at radius 3 is 2.16 bits per heavy atom. The van der Waals surface area contributed by atoms with Gasteiger partial charge in [0.2, 0.25) is 0 Å². The fourth-order valence-electron chi connectivity index (χ4n) is 5.12. The van der Waals surface area contributed by atoms with E-state index >= 15 is 0 Å². The highest BCUT2D eigenvalue weighted by molar-refractivity contribution is 5.14. The third-order valence-corrected chi connectivity index (χ3v) is 6.73.